The molecule has 2 unspecified atom stereocenters. The van der Waals surface area contributed by atoms with E-state index in [1.54, 1.807) is 7.11 Å². The molecule has 25 heavy (non-hydrogen) atoms. The maximum Gasteiger partial charge on any atom is 0.222 e. The highest BCUT2D eigenvalue weighted by Crippen LogP contribution is 2.35. The minimum atomic E-state index is -0.342. The fraction of sp³-hybridized carbons (Fsp3) is 0.391. The van der Waals surface area contributed by atoms with Crippen LogP contribution in [0.5, 0.6) is 5.75 Å². The number of hydrogen-bond acceptors (Lipinski definition) is 2. The molecule has 0 amide bonds. The molecule has 1 aromatic carbocycles. The first-order valence-corrected chi connectivity index (χ1v) is 9.18. The average Bonchev–Trinajstić information content (AvgIpc) is 2.66. The van der Waals surface area contributed by atoms with Crippen molar-refractivity contribution in [3.8, 4) is 5.75 Å². The van der Waals surface area contributed by atoms with E-state index < -0.39 is 0 Å². The topological polar surface area (TPSA) is 18.5 Å². The highest BCUT2D eigenvalue weighted by molar-refractivity contribution is 5.46. The van der Waals surface area contributed by atoms with Crippen molar-refractivity contribution < 1.29 is 9.47 Å². The second-order valence-corrected chi connectivity index (χ2v) is 6.98. The van der Waals surface area contributed by atoms with Crippen LogP contribution >= 0.6 is 0 Å². The Morgan fingerprint density at radius 1 is 1.16 bits per heavy atom. The lowest BCUT2D eigenvalue weighted by atomic mass is 9.81. The SMILES string of the molecule is CC[C@@H](C)c1ccc(OC(OC)C2=CC(C)=C3C=CC=CC3C2)cc1. The van der Waals surface area contributed by atoms with Crippen LogP contribution < -0.4 is 4.74 Å². The zero-order valence-corrected chi connectivity index (χ0v) is 15.7. The number of hydrogen-bond donors (Lipinski definition) is 0. The summed E-state index contributed by atoms with van der Waals surface area (Å²) < 4.78 is 11.8. The van der Waals surface area contributed by atoms with E-state index in [9.17, 15) is 0 Å². The minimum Gasteiger partial charge on any atom is -0.461 e. The Morgan fingerprint density at radius 2 is 1.92 bits per heavy atom. The van der Waals surface area contributed by atoms with Gasteiger partial charge in [0.1, 0.15) is 5.75 Å². The van der Waals surface area contributed by atoms with Crippen LogP contribution in [-0.4, -0.2) is 13.4 Å². The van der Waals surface area contributed by atoms with Gasteiger partial charge in [-0.3, -0.25) is 0 Å². The van der Waals surface area contributed by atoms with E-state index >= 15 is 0 Å². The Morgan fingerprint density at radius 3 is 2.60 bits per heavy atom. The number of fused-ring (bicyclic) bond motifs is 1. The van der Waals surface area contributed by atoms with Gasteiger partial charge in [0.2, 0.25) is 6.29 Å². The van der Waals surface area contributed by atoms with Gasteiger partial charge in [0.25, 0.3) is 0 Å². The Kier molecular flexibility index (Phi) is 5.60. The lowest BCUT2D eigenvalue weighted by molar-refractivity contribution is -0.0276. The molecule has 2 aliphatic rings. The lowest BCUT2D eigenvalue weighted by Crippen LogP contribution is -2.25. The smallest absolute Gasteiger partial charge is 0.222 e. The molecule has 2 heteroatoms. The van der Waals surface area contributed by atoms with Gasteiger partial charge in [0.15, 0.2) is 0 Å². The lowest BCUT2D eigenvalue weighted by Gasteiger charge is -2.29. The Hall–Kier alpha value is -2.06. The summed E-state index contributed by atoms with van der Waals surface area (Å²) in [5.41, 5.74) is 5.24. The van der Waals surface area contributed by atoms with E-state index in [0.717, 1.165) is 18.6 Å². The number of methoxy groups -OCH3 is 1. The van der Waals surface area contributed by atoms with Crippen molar-refractivity contribution in [3.05, 3.63) is 76.9 Å². The van der Waals surface area contributed by atoms with Crippen LogP contribution in [0.3, 0.4) is 0 Å². The highest BCUT2D eigenvalue weighted by atomic mass is 16.7. The molecule has 0 aliphatic heterocycles. The van der Waals surface area contributed by atoms with Gasteiger partial charge in [0, 0.05) is 13.0 Å². The van der Waals surface area contributed by atoms with Crippen LogP contribution in [0.25, 0.3) is 0 Å². The maximum absolute atomic E-state index is 6.14. The quantitative estimate of drug-likeness (QED) is 0.598. The Labute approximate surface area is 151 Å². The van der Waals surface area contributed by atoms with Crippen molar-refractivity contribution >= 4 is 0 Å². The minimum absolute atomic E-state index is 0.342. The van der Waals surface area contributed by atoms with Crippen LogP contribution in [0.15, 0.2) is 71.4 Å². The van der Waals surface area contributed by atoms with Crippen molar-refractivity contribution in [2.45, 2.75) is 45.8 Å². The van der Waals surface area contributed by atoms with Gasteiger partial charge >= 0.3 is 0 Å². The summed E-state index contributed by atoms with van der Waals surface area (Å²) in [6.07, 6.45) is 12.7. The third-order valence-electron chi connectivity index (χ3n) is 5.26. The summed E-state index contributed by atoms with van der Waals surface area (Å²) in [7, 11) is 1.71. The van der Waals surface area contributed by atoms with Gasteiger partial charge in [-0.25, -0.2) is 0 Å². The zero-order valence-electron chi connectivity index (χ0n) is 15.7. The molecule has 0 fully saturated rings. The summed E-state index contributed by atoms with van der Waals surface area (Å²) in [5, 5.41) is 0. The molecule has 0 heterocycles. The van der Waals surface area contributed by atoms with Gasteiger partial charge < -0.3 is 9.47 Å². The normalized spacial score (nSPS) is 21.6. The van der Waals surface area contributed by atoms with Gasteiger partial charge in [-0.05, 0) is 60.1 Å². The summed E-state index contributed by atoms with van der Waals surface area (Å²) >= 11 is 0. The summed E-state index contributed by atoms with van der Waals surface area (Å²) in [5.74, 6) is 1.86. The summed E-state index contributed by atoms with van der Waals surface area (Å²) in [6, 6.07) is 8.41. The van der Waals surface area contributed by atoms with Crippen molar-refractivity contribution in [3.63, 3.8) is 0 Å². The monoisotopic (exact) mass is 336 g/mol. The van der Waals surface area contributed by atoms with E-state index in [0.29, 0.717) is 11.8 Å². The van der Waals surface area contributed by atoms with Crippen molar-refractivity contribution in [2.75, 3.05) is 7.11 Å². The number of benzene rings is 1. The molecule has 0 aromatic heterocycles. The molecular weight excluding hydrogens is 308 g/mol. The summed E-state index contributed by atoms with van der Waals surface area (Å²) in [6.45, 7) is 6.63. The molecule has 2 aliphatic carbocycles. The molecule has 3 rings (SSSR count). The molecule has 0 saturated heterocycles. The van der Waals surface area contributed by atoms with E-state index in [4.69, 9.17) is 9.47 Å². The van der Waals surface area contributed by atoms with Crippen LogP contribution in [0.2, 0.25) is 0 Å². The largest absolute Gasteiger partial charge is 0.461 e. The summed E-state index contributed by atoms with van der Waals surface area (Å²) in [4.78, 5) is 0. The van der Waals surface area contributed by atoms with E-state index in [1.165, 1.54) is 22.3 Å². The van der Waals surface area contributed by atoms with Gasteiger partial charge in [-0.15, -0.1) is 0 Å². The molecule has 0 saturated carbocycles. The third kappa shape index (κ3) is 3.96. The molecule has 0 bridgehead atoms. The Bertz CT molecular complexity index is 719. The second kappa shape index (κ2) is 7.88. The molecule has 2 nitrogen and oxygen atoms in total. The van der Waals surface area contributed by atoms with Crippen LogP contribution in [-0.2, 0) is 4.74 Å². The van der Waals surface area contributed by atoms with E-state index in [1.807, 2.05) is 12.1 Å². The van der Waals surface area contributed by atoms with Gasteiger partial charge in [-0.1, -0.05) is 56.4 Å². The molecule has 1 aromatic rings. The second-order valence-electron chi connectivity index (χ2n) is 6.98. The van der Waals surface area contributed by atoms with Crippen molar-refractivity contribution in [1.82, 2.24) is 0 Å². The molecule has 132 valence electrons. The number of allylic oxidation sites excluding steroid dienone is 7. The average molecular weight is 336 g/mol. The van der Waals surface area contributed by atoms with Crippen molar-refractivity contribution in [1.29, 1.82) is 0 Å². The van der Waals surface area contributed by atoms with E-state index in [-0.39, 0.29) is 6.29 Å². The maximum atomic E-state index is 6.14. The molecule has 0 radical (unpaired) electrons. The third-order valence-corrected chi connectivity index (χ3v) is 5.26. The predicted molar refractivity (Wildman–Crippen MR) is 104 cm³/mol. The van der Waals surface area contributed by atoms with Crippen molar-refractivity contribution in [2.24, 2.45) is 5.92 Å². The molecule has 0 spiro atoms. The van der Waals surface area contributed by atoms with E-state index in [2.05, 4.69) is 63.3 Å². The first kappa shape index (κ1) is 17.8. The molecule has 0 N–H and O–H groups in total. The predicted octanol–water partition coefficient (Wildman–Crippen LogP) is 5.94. The number of rotatable bonds is 6. The highest BCUT2D eigenvalue weighted by Gasteiger charge is 2.25. The first-order chi connectivity index (χ1) is 12.1. The van der Waals surface area contributed by atoms with Crippen LogP contribution in [0.1, 0.15) is 45.1 Å². The van der Waals surface area contributed by atoms with Gasteiger partial charge in [0.05, 0.1) is 0 Å². The molecular formula is C23H28O2. The van der Waals surface area contributed by atoms with Gasteiger partial charge in [-0.2, -0.15) is 0 Å². The number of ether oxygens (including phenoxy) is 2. The first-order valence-electron chi connectivity index (χ1n) is 9.18. The fourth-order valence-electron chi connectivity index (χ4n) is 3.53. The fourth-order valence-corrected chi connectivity index (χ4v) is 3.53. The van der Waals surface area contributed by atoms with Crippen LogP contribution in [0.4, 0.5) is 0 Å². The molecule has 3 atom stereocenters. The zero-order chi connectivity index (χ0) is 17.8. The Balaban J connectivity index is 1.76. The standard InChI is InChI=1S/C23H28O2/c1-5-16(2)18-10-12-21(13-11-18)25-23(24-4)20-14-17(3)22-9-7-6-8-19(22)15-20/h6-14,16,19,23H,5,15H2,1-4H3/t16-,19?,23?/m1/s1. The van der Waals surface area contributed by atoms with Crippen LogP contribution in [0, 0.1) is 5.92 Å².